The lowest BCUT2D eigenvalue weighted by atomic mass is 10.1. The Balaban J connectivity index is 1.71. The second-order valence-corrected chi connectivity index (χ2v) is 7.04. The van der Waals surface area contributed by atoms with E-state index < -0.39 is 11.7 Å². The zero-order valence-electron chi connectivity index (χ0n) is 13.8. The monoisotopic (exact) mass is 333 g/mol. The molecule has 0 aliphatic heterocycles. The molecule has 1 heterocycles. The van der Waals surface area contributed by atoms with Crippen molar-refractivity contribution in [1.29, 1.82) is 0 Å². The molecule has 1 aromatic heterocycles. The average Bonchev–Trinajstić information content (AvgIpc) is 2.90. The molecule has 2 N–H and O–H groups in total. The highest BCUT2D eigenvalue weighted by Crippen LogP contribution is 2.17. The molecule has 1 amide bonds. The van der Waals surface area contributed by atoms with Gasteiger partial charge in [0, 0.05) is 11.9 Å². The molecule has 0 bridgehead atoms. The highest BCUT2D eigenvalue weighted by atomic mass is 32.1. The van der Waals surface area contributed by atoms with Gasteiger partial charge in [-0.1, -0.05) is 30.3 Å². The van der Waals surface area contributed by atoms with E-state index in [-0.39, 0.29) is 0 Å². The zero-order valence-corrected chi connectivity index (χ0v) is 14.6. The van der Waals surface area contributed by atoms with Crippen LogP contribution in [0.4, 0.5) is 9.93 Å². The summed E-state index contributed by atoms with van der Waals surface area (Å²) in [5.41, 5.74) is 1.71. The molecule has 2 rings (SSSR count). The topological polar surface area (TPSA) is 63.2 Å². The number of carbonyl (C=O) groups excluding carboxylic acids is 1. The average molecular weight is 333 g/mol. The van der Waals surface area contributed by atoms with Gasteiger partial charge in [0.05, 0.1) is 5.69 Å². The number of rotatable bonds is 6. The first-order chi connectivity index (χ1) is 10.9. The zero-order chi connectivity index (χ0) is 16.7. The van der Waals surface area contributed by atoms with Crippen LogP contribution in [0, 0.1) is 0 Å². The lowest BCUT2D eigenvalue weighted by molar-refractivity contribution is 0.0636. The summed E-state index contributed by atoms with van der Waals surface area (Å²) in [7, 11) is 0. The summed E-state index contributed by atoms with van der Waals surface area (Å²) < 4.78 is 5.20. The fraction of sp³-hybridized carbons (Fsp3) is 0.412. The molecular formula is C17H23N3O2S. The van der Waals surface area contributed by atoms with Crippen molar-refractivity contribution in [2.45, 2.75) is 39.3 Å². The molecule has 23 heavy (non-hydrogen) atoms. The molecule has 0 fully saturated rings. The van der Waals surface area contributed by atoms with Crippen LogP contribution in [0.3, 0.4) is 0 Å². The Bertz CT molecular complexity index is 620. The molecule has 1 aromatic carbocycles. The number of amides is 1. The van der Waals surface area contributed by atoms with Crippen LogP contribution in [0.15, 0.2) is 35.7 Å². The molecule has 2 aromatic rings. The largest absolute Gasteiger partial charge is 0.444 e. The minimum Gasteiger partial charge on any atom is -0.444 e. The Hall–Kier alpha value is -1.92. The van der Waals surface area contributed by atoms with Crippen LogP contribution in [0.2, 0.25) is 0 Å². The summed E-state index contributed by atoms with van der Waals surface area (Å²) in [6.45, 7) is 7.05. The number of thiazole rings is 1. The van der Waals surface area contributed by atoms with E-state index in [2.05, 4.69) is 27.8 Å². The van der Waals surface area contributed by atoms with Gasteiger partial charge in [-0.15, -0.1) is 11.3 Å². The minimum atomic E-state index is -0.511. The Morgan fingerprint density at radius 2 is 2.00 bits per heavy atom. The van der Waals surface area contributed by atoms with Crippen LogP contribution in [0.25, 0.3) is 0 Å². The molecule has 124 valence electrons. The van der Waals surface area contributed by atoms with Crippen molar-refractivity contribution in [2.75, 3.05) is 11.9 Å². The van der Waals surface area contributed by atoms with Gasteiger partial charge in [-0.2, -0.15) is 0 Å². The standard InChI is InChI=1S/C17H23N3O2S/c1-17(2,3)22-16(21)20-15-19-14(12-23-15)11-18-10-9-13-7-5-4-6-8-13/h4-8,12,18H,9-11H2,1-3H3,(H,19,20,21). The summed E-state index contributed by atoms with van der Waals surface area (Å²) in [5, 5.41) is 8.50. The number of carbonyl (C=O) groups is 1. The molecule has 0 radical (unpaired) electrons. The predicted molar refractivity (Wildman–Crippen MR) is 93.8 cm³/mol. The lowest BCUT2D eigenvalue weighted by Crippen LogP contribution is -2.27. The van der Waals surface area contributed by atoms with Crippen molar-refractivity contribution >= 4 is 22.6 Å². The first-order valence-corrected chi connectivity index (χ1v) is 8.49. The maximum atomic E-state index is 11.7. The molecule has 0 saturated carbocycles. The van der Waals surface area contributed by atoms with Crippen LogP contribution in [0.5, 0.6) is 0 Å². The number of nitrogens with zero attached hydrogens (tertiary/aromatic N) is 1. The number of nitrogens with one attached hydrogen (secondary N) is 2. The van der Waals surface area contributed by atoms with Crippen molar-refractivity contribution in [3.8, 4) is 0 Å². The number of benzene rings is 1. The highest BCUT2D eigenvalue weighted by Gasteiger charge is 2.17. The Morgan fingerprint density at radius 1 is 1.26 bits per heavy atom. The third-order valence-corrected chi connectivity index (χ3v) is 3.71. The smallest absolute Gasteiger partial charge is 0.413 e. The third-order valence-electron chi connectivity index (χ3n) is 2.90. The maximum absolute atomic E-state index is 11.7. The van der Waals surface area contributed by atoms with Crippen molar-refractivity contribution in [3.63, 3.8) is 0 Å². The van der Waals surface area contributed by atoms with Crippen molar-refractivity contribution in [3.05, 3.63) is 47.0 Å². The van der Waals surface area contributed by atoms with Crippen molar-refractivity contribution in [2.24, 2.45) is 0 Å². The van der Waals surface area contributed by atoms with Crippen LogP contribution in [-0.4, -0.2) is 23.2 Å². The molecule has 0 aliphatic carbocycles. The Morgan fingerprint density at radius 3 is 2.70 bits per heavy atom. The Kier molecular flexibility index (Phi) is 6.12. The van der Waals surface area contributed by atoms with E-state index in [4.69, 9.17) is 4.74 Å². The number of ether oxygens (including phenoxy) is 1. The van der Waals surface area contributed by atoms with Gasteiger partial charge in [-0.25, -0.2) is 9.78 Å². The SMILES string of the molecule is CC(C)(C)OC(=O)Nc1nc(CNCCc2ccccc2)cs1. The molecular weight excluding hydrogens is 310 g/mol. The normalized spacial score (nSPS) is 11.3. The number of aromatic nitrogens is 1. The summed E-state index contributed by atoms with van der Waals surface area (Å²) >= 11 is 1.40. The molecule has 0 saturated heterocycles. The molecule has 0 unspecified atom stereocenters. The van der Waals surface area contributed by atoms with Gasteiger partial charge >= 0.3 is 6.09 Å². The first kappa shape index (κ1) is 17.4. The number of hydrogen-bond acceptors (Lipinski definition) is 5. The van der Waals surface area contributed by atoms with Gasteiger partial charge in [-0.05, 0) is 39.3 Å². The van der Waals surface area contributed by atoms with Crippen LogP contribution >= 0.6 is 11.3 Å². The van der Waals surface area contributed by atoms with Gasteiger partial charge in [-0.3, -0.25) is 5.32 Å². The molecule has 0 spiro atoms. The van der Waals surface area contributed by atoms with E-state index in [9.17, 15) is 4.79 Å². The molecule has 6 heteroatoms. The van der Waals surface area contributed by atoms with Gasteiger partial charge in [0.15, 0.2) is 5.13 Å². The summed E-state index contributed by atoms with van der Waals surface area (Å²) in [4.78, 5) is 16.0. The van der Waals surface area contributed by atoms with Crippen molar-refractivity contribution in [1.82, 2.24) is 10.3 Å². The van der Waals surface area contributed by atoms with Crippen LogP contribution < -0.4 is 10.6 Å². The van der Waals surface area contributed by atoms with Crippen LogP contribution in [-0.2, 0) is 17.7 Å². The van der Waals surface area contributed by atoms with Gasteiger partial charge in [0.1, 0.15) is 5.60 Å². The fourth-order valence-corrected chi connectivity index (χ4v) is 2.63. The molecule has 0 aliphatic rings. The van der Waals surface area contributed by atoms with E-state index in [1.54, 1.807) is 0 Å². The first-order valence-electron chi connectivity index (χ1n) is 7.61. The summed E-state index contributed by atoms with van der Waals surface area (Å²) in [6.07, 6.45) is 0.504. The minimum absolute atomic E-state index is 0.476. The Labute approximate surface area is 141 Å². The van der Waals surface area contributed by atoms with E-state index in [0.717, 1.165) is 18.7 Å². The lowest BCUT2D eigenvalue weighted by Gasteiger charge is -2.18. The summed E-state index contributed by atoms with van der Waals surface area (Å²) in [5.74, 6) is 0. The van der Waals surface area contributed by atoms with Gasteiger partial charge < -0.3 is 10.1 Å². The van der Waals surface area contributed by atoms with E-state index in [0.29, 0.717) is 11.7 Å². The third kappa shape index (κ3) is 6.80. The summed E-state index contributed by atoms with van der Waals surface area (Å²) in [6, 6.07) is 10.3. The van der Waals surface area contributed by atoms with Gasteiger partial charge in [0.25, 0.3) is 0 Å². The van der Waals surface area contributed by atoms with Gasteiger partial charge in [0.2, 0.25) is 0 Å². The quantitative estimate of drug-likeness (QED) is 0.789. The van der Waals surface area contributed by atoms with E-state index >= 15 is 0 Å². The second-order valence-electron chi connectivity index (χ2n) is 6.18. The predicted octanol–water partition coefficient (Wildman–Crippen LogP) is 3.82. The van der Waals surface area contributed by atoms with E-state index in [1.165, 1.54) is 16.9 Å². The van der Waals surface area contributed by atoms with E-state index in [1.807, 2.05) is 44.4 Å². The second kappa shape index (κ2) is 8.08. The fourth-order valence-electron chi connectivity index (χ4n) is 1.93. The number of hydrogen-bond donors (Lipinski definition) is 2. The molecule has 0 atom stereocenters. The highest BCUT2D eigenvalue weighted by molar-refractivity contribution is 7.13. The van der Waals surface area contributed by atoms with Crippen molar-refractivity contribution < 1.29 is 9.53 Å². The maximum Gasteiger partial charge on any atom is 0.413 e. The number of anilines is 1. The van der Waals surface area contributed by atoms with Crippen LogP contribution in [0.1, 0.15) is 32.0 Å². The molecule has 5 nitrogen and oxygen atoms in total.